The van der Waals surface area contributed by atoms with Gasteiger partial charge in [-0.15, -0.1) is 0 Å². The van der Waals surface area contributed by atoms with Crippen molar-refractivity contribution in [2.75, 3.05) is 41.1 Å². The van der Waals surface area contributed by atoms with Crippen LogP contribution in [-0.4, -0.2) is 39.8 Å². The fourth-order valence-corrected chi connectivity index (χ4v) is 5.17. The highest BCUT2D eigenvalue weighted by Crippen LogP contribution is 2.34. The van der Waals surface area contributed by atoms with Gasteiger partial charge in [0.15, 0.2) is 0 Å². The zero-order valence-corrected chi connectivity index (χ0v) is 28.0. The molecule has 7 heteroatoms. The fourth-order valence-electron chi connectivity index (χ4n) is 5.17. The van der Waals surface area contributed by atoms with E-state index in [-0.39, 0.29) is 0 Å². The lowest BCUT2D eigenvalue weighted by atomic mass is 10.1. The second-order valence-electron chi connectivity index (χ2n) is 11.4. The first-order valence-corrected chi connectivity index (χ1v) is 16.1. The van der Waals surface area contributed by atoms with E-state index in [1.807, 2.05) is 146 Å². The molecule has 0 aliphatic carbocycles. The van der Waals surface area contributed by atoms with Crippen molar-refractivity contribution in [2.24, 2.45) is 15.3 Å². The number of para-hydroxylation sites is 3. The topological polar surface area (TPSA) is 50.0 Å². The van der Waals surface area contributed by atoms with Gasteiger partial charge in [-0.25, -0.2) is 0 Å². The Hall–Kier alpha value is -6.47. The quantitative estimate of drug-likeness (QED) is 0.0987. The molecule has 0 aliphatic heterocycles. The van der Waals surface area contributed by atoms with Gasteiger partial charge in [0.2, 0.25) is 0 Å². The first-order chi connectivity index (χ1) is 24.0. The van der Waals surface area contributed by atoms with E-state index in [1.165, 1.54) is 0 Å². The summed E-state index contributed by atoms with van der Waals surface area (Å²) in [6.07, 6.45) is 5.63. The number of benzene rings is 6. The van der Waals surface area contributed by atoms with Crippen LogP contribution in [0.5, 0.6) is 0 Å². The molecule has 49 heavy (non-hydrogen) atoms. The van der Waals surface area contributed by atoms with Crippen molar-refractivity contribution >= 4 is 52.8 Å². The van der Waals surface area contributed by atoms with Crippen LogP contribution in [0.4, 0.5) is 34.1 Å². The Morgan fingerprint density at radius 1 is 0.306 bits per heavy atom. The molecule has 7 nitrogen and oxygen atoms in total. The molecule has 0 N–H and O–H groups in total. The van der Waals surface area contributed by atoms with Gasteiger partial charge in [-0.2, -0.15) is 15.3 Å². The van der Waals surface area contributed by atoms with E-state index < -0.39 is 0 Å². The van der Waals surface area contributed by atoms with Gasteiger partial charge >= 0.3 is 0 Å². The minimum absolute atomic E-state index is 1.01. The molecule has 0 amide bonds. The van der Waals surface area contributed by atoms with Gasteiger partial charge in [0.05, 0.1) is 35.7 Å². The maximum absolute atomic E-state index is 4.64. The van der Waals surface area contributed by atoms with E-state index in [1.54, 1.807) is 0 Å². The summed E-state index contributed by atoms with van der Waals surface area (Å²) < 4.78 is 0. The maximum Gasteiger partial charge on any atom is 0.0590 e. The minimum atomic E-state index is 1.01. The SMILES string of the molecule is CN(/N=C/c1ccc(N(c2ccc(/C=N/N(C)c3ccccc3)cc2)c2ccc(/C=N/N(C)c3ccccc3)cc2)cc1)c1ccccc1. The first-order valence-electron chi connectivity index (χ1n) is 16.1. The van der Waals surface area contributed by atoms with Crippen LogP contribution in [0, 0.1) is 0 Å². The van der Waals surface area contributed by atoms with Gasteiger partial charge in [0.25, 0.3) is 0 Å². The van der Waals surface area contributed by atoms with Crippen molar-refractivity contribution in [3.8, 4) is 0 Å². The molecule has 0 bridgehead atoms. The van der Waals surface area contributed by atoms with Crippen LogP contribution >= 0.6 is 0 Å². The lowest BCUT2D eigenvalue weighted by Crippen LogP contribution is -2.11. The van der Waals surface area contributed by atoms with Gasteiger partial charge < -0.3 is 4.90 Å². The molecule has 0 spiro atoms. The highest BCUT2D eigenvalue weighted by molar-refractivity contribution is 5.86. The normalized spacial score (nSPS) is 11.3. The van der Waals surface area contributed by atoms with Crippen molar-refractivity contribution in [2.45, 2.75) is 0 Å². The maximum atomic E-state index is 4.64. The van der Waals surface area contributed by atoms with Crippen molar-refractivity contribution in [1.29, 1.82) is 0 Å². The molecule has 0 aromatic heterocycles. The molecular formula is C42H39N7. The molecule has 0 saturated carbocycles. The minimum Gasteiger partial charge on any atom is -0.311 e. The predicted molar refractivity (Wildman–Crippen MR) is 208 cm³/mol. The summed E-state index contributed by atoms with van der Waals surface area (Å²) in [6.45, 7) is 0. The lowest BCUT2D eigenvalue weighted by Gasteiger charge is -2.26. The highest BCUT2D eigenvalue weighted by Gasteiger charge is 2.13. The van der Waals surface area contributed by atoms with Crippen LogP contribution in [-0.2, 0) is 0 Å². The van der Waals surface area contributed by atoms with Gasteiger partial charge in [0, 0.05) is 38.2 Å². The summed E-state index contributed by atoms with van der Waals surface area (Å²) in [5.74, 6) is 0. The van der Waals surface area contributed by atoms with E-state index in [4.69, 9.17) is 0 Å². The van der Waals surface area contributed by atoms with Crippen molar-refractivity contribution in [1.82, 2.24) is 0 Å². The fraction of sp³-hybridized carbons (Fsp3) is 0.0714. The zero-order valence-electron chi connectivity index (χ0n) is 28.0. The molecule has 6 aromatic rings. The first kappa shape index (κ1) is 32.5. The molecule has 242 valence electrons. The summed E-state index contributed by atoms with van der Waals surface area (Å²) in [4.78, 5) is 2.24. The number of hydrogen-bond donors (Lipinski definition) is 0. The Morgan fingerprint density at radius 3 is 0.796 bits per heavy atom. The number of hydrazone groups is 3. The molecule has 0 fully saturated rings. The molecule has 0 unspecified atom stereocenters. The van der Waals surface area contributed by atoms with Crippen molar-refractivity contribution in [3.05, 3.63) is 180 Å². The Labute approximate surface area is 289 Å². The average molecular weight is 642 g/mol. The standard InChI is InChI=1S/C42H39N7/c1-46(37-13-7-4-8-14-37)43-31-34-19-25-40(26-20-34)49(41-27-21-35(22-28-41)32-44-47(2)38-15-9-5-10-16-38)42-29-23-36(24-30-42)33-45-48(3)39-17-11-6-12-18-39/h4-33H,1-3H3/b43-31+,44-32+,45-33+. The lowest BCUT2D eigenvalue weighted by molar-refractivity contribution is 1.02. The van der Waals surface area contributed by atoms with E-state index in [0.29, 0.717) is 0 Å². The largest absolute Gasteiger partial charge is 0.311 e. The van der Waals surface area contributed by atoms with Crippen LogP contribution < -0.4 is 19.9 Å². The monoisotopic (exact) mass is 641 g/mol. The molecule has 6 aromatic carbocycles. The Bertz CT molecular complexity index is 1740. The third-order valence-corrected chi connectivity index (χ3v) is 7.98. The summed E-state index contributed by atoms with van der Waals surface area (Å²) in [7, 11) is 5.85. The third-order valence-electron chi connectivity index (χ3n) is 7.98. The van der Waals surface area contributed by atoms with E-state index >= 15 is 0 Å². The zero-order chi connectivity index (χ0) is 33.8. The number of nitrogens with zero attached hydrogens (tertiary/aromatic N) is 7. The third kappa shape index (κ3) is 8.67. The second kappa shape index (κ2) is 15.9. The smallest absolute Gasteiger partial charge is 0.0590 e. The average Bonchev–Trinajstić information content (AvgIpc) is 3.17. The van der Waals surface area contributed by atoms with Crippen LogP contribution in [0.25, 0.3) is 0 Å². The van der Waals surface area contributed by atoms with Gasteiger partial charge in [-0.1, -0.05) is 91.0 Å². The van der Waals surface area contributed by atoms with E-state index in [9.17, 15) is 0 Å². The van der Waals surface area contributed by atoms with E-state index in [2.05, 4.69) is 93.0 Å². The number of anilines is 6. The Balaban J connectivity index is 1.24. The Kier molecular flexibility index (Phi) is 10.5. The molecule has 0 saturated heterocycles. The van der Waals surface area contributed by atoms with E-state index in [0.717, 1.165) is 50.8 Å². The molecule has 6 rings (SSSR count). The number of rotatable bonds is 12. The summed E-state index contributed by atoms with van der Waals surface area (Å²) in [5.41, 5.74) is 9.21. The highest BCUT2D eigenvalue weighted by atomic mass is 15.4. The van der Waals surface area contributed by atoms with Crippen LogP contribution in [0.15, 0.2) is 179 Å². The Morgan fingerprint density at radius 2 is 0.551 bits per heavy atom. The van der Waals surface area contributed by atoms with Gasteiger partial charge in [0.1, 0.15) is 0 Å². The molecule has 0 atom stereocenters. The van der Waals surface area contributed by atoms with Gasteiger partial charge in [-0.05, 0) is 89.5 Å². The molecule has 0 heterocycles. The number of hydrogen-bond acceptors (Lipinski definition) is 7. The molecule has 0 aliphatic rings. The van der Waals surface area contributed by atoms with Crippen LogP contribution in [0.1, 0.15) is 16.7 Å². The van der Waals surface area contributed by atoms with Gasteiger partial charge in [-0.3, -0.25) is 15.0 Å². The van der Waals surface area contributed by atoms with Crippen LogP contribution in [0.3, 0.4) is 0 Å². The van der Waals surface area contributed by atoms with Crippen LogP contribution in [0.2, 0.25) is 0 Å². The van der Waals surface area contributed by atoms with Crippen molar-refractivity contribution < 1.29 is 0 Å². The predicted octanol–water partition coefficient (Wildman–Crippen LogP) is 9.57. The molecule has 0 radical (unpaired) electrons. The molecular weight excluding hydrogens is 603 g/mol. The summed E-state index contributed by atoms with van der Waals surface area (Å²) in [6, 6.07) is 55.6. The second-order valence-corrected chi connectivity index (χ2v) is 11.4. The summed E-state index contributed by atoms with van der Waals surface area (Å²) in [5, 5.41) is 19.5. The van der Waals surface area contributed by atoms with Crippen molar-refractivity contribution in [3.63, 3.8) is 0 Å². The summed E-state index contributed by atoms with van der Waals surface area (Å²) >= 11 is 0.